The average molecular weight is 195 g/mol. The molecule has 0 radical (unpaired) electrons. The molecule has 0 aliphatic rings. The molecule has 0 aromatic carbocycles. The first-order valence-electron chi connectivity index (χ1n) is 5.46. The first-order chi connectivity index (χ1) is 6.74. The van der Waals surface area contributed by atoms with E-state index in [1.807, 2.05) is 12.5 Å². The van der Waals surface area contributed by atoms with Crippen molar-refractivity contribution >= 4 is 0 Å². The normalized spacial score (nSPS) is 13.5. The number of rotatable bonds is 5. The second-order valence-electron chi connectivity index (χ2n) is 3.82. The Balaban J connectivity index is 2.90. The number of aromatic nitrogens is 2. The molecule has 1 aromatic heterocycles. The van der Waals surface area contributed by atoms with Gasteiger partial charge in [-0.05, 0) is 19.8 Å². The molecule has 1 aromatic rings. The number of hydrogen-bond donors (Lipinski definition) is 1. The van der Waals surface area contributed by atoms with Gasteiger partial charge in [-0.15, -0.1) is 0 Å². The summed E-state index contributed by atoms with van der Waals surface area (Å²) in [5.41, 5.74) is 6.99. The van der Waals surface area contributed by atoms with E-state index in [0.29, 0.717) is 18.5 Å². The first kappa shape index (κ1) is 11.2. The van der Waals surface area contributed by atoms with Crippen molar-refractivity contribution < 1.29 is 0 Å². The highest BCUT2D eigenvalue weighted by Crippen LogP contribution is 2.24. The van der Waals surface area contributed by atoms with E-state index in [1.54, 1.807) is 0 Å². The minimum atomic E-state index is 0.355. The maximum atomic E-state index is 5.67. The van der Waals surface area contributed by atoms with E-state index >= 15 is 0 Å². The molecule has 1 unspecified atom stereocenters. The summed E-state index contributed by atoms with van der Waals surface area (Å²) >= 11 is 0. The van der Waals surface area contributed by atoms with Crippen molar-refractivity contribution in [1.29, 1.82) is 0 Å². The van der Waals surface area contributed by atoms with Crippen molar-refractivity contribution in [3.63, 3.8) is 0 Å². The molecule has 0 fully saturated rings. The predicted octanol–water partition coefficient (Wildman–Crippen LogP) is 2.31. The minimum absolute atomic E-state index is 0.355. The van der Waals surface area contributed by atoms with Crippen LogP contribution in [0.25, 0.3) is 0 Å². The Morgan fingerprint density at radius 3 is 2.57 bits per heavy atom. The molecule has 2 N–H and O–H groups in total. The molecular formula is C11H21N3. The van der Waals surface area contributed by atoms with E-state index in [4.69, 9.17) is 5.73 Å². The van der Waals surface area contributed by atoms with E-state index in [-0.39, 0.29) is 0 Å². The molecule has 3 heteroatoms. The lowest BCUT2D eigenvalue weighted by Gasteiger charge is -2.19. The molecule has 0 aliphatic heterocycles. The van der Waals surface area contributed by atoms with Crippen LogP contribution in [-0.4, -0.2) is 16.1 Å². The highest BCUT2D eigenvalue weighted by molar-refractivity contribution is 5.07. The molecule has 14 heavy (non-hydrogen) atoms. The summed E-state index contributed by atoms with van der Waals surface area (Å²) in [6, 6.07) is 0.355. The monoisotopic (exact) mass is 195 g/mol. The smallest absolute Gasteiger partial charge is 0.0951 e. The second-order valence-corrected chi connectivity index (χ2v) is 3.82. The first-order valence-corrected chi connectivity index (χ1v) is 5.46. The lowest BCUT2D eigenvalue weighted by Crippen LogP contribution is -2.18. The van der Waals surface area contributed by atoms with Gasteiger partial charge in [0.2, 0.25) is 0 Å². The Morgan fingerprint density at radius 2 is 2.07 bits per heavy atom. The van der Waals surface area contributed by atoms with E-state index in [0.717, 1.165) is 0 Å². The average Bonchev–Trinajstić information content (AvgIpc) is 2.68. The molecule has 80 valence electrons. The van der Waals surface area contributed by atoms with Gasteiger partial charge >= 0.3 is 0 Å². The lowest BCUT2D eigenvalue weighted by molar-refractivity contribution is 0.498. The van der Waals surface area contributed by atoms with Crippen LogP contribution < -0.4 is 5.73 Å². The Kier molecular flexibility index (Phi) is 4.14. The van der Waals surface area contributed by atoms with Crippen LogP contribution in [0.3, 0.4) is 0 Å². The maximum absolute atomic E-state index is 5.67. The SMILES string of the molecule is CCC(CC)c1cncn1C(C)CN. The molecule has 0 saturated carbocycles. The fraction of sp³-hybridized carbons (Fsp3) is 0.727. The van der Waals surface area contributed by atoms with Crippen LogP contribution in [0.4, 0.5) is 0 Å². The number of nitrogens with two attached hydrogens (primary N) is 1. The largest absolute Gasteiger partial charge is 0.330 e. The van der Waals surface area contributed by atoms with Gasteiger partial charge in [-0.25, -0.2) is 4.98 Å². The lowest BCUT2D eigenvalue weighted by atomic mass is 9.99. The molecule has 0 spiro atoms. The van der Waals surface area contributed by atoms with Crippen LogP contribution in [-0.2, 0) is 0 Å². The summed E-state index contributed by atoms with van der Waals surface area (Å²) in [5.74, 6) is 0.617. The molecule has 1 heterocycles. The van der Waals surface area contributed by atoms with Crippen LogP contribution in [0.1, 0.15) is 51.3 Å². The zero-order chi connectivity index (χ0) is 10.6. The van der Waals surface area contributed by atoms with Gasteiger partial charge in [0.1, 0.15) is 0 Å². The topological polar surface area (TPSA) is 43.8 Å². The van der Waals surface area contributed by atoms with Gasteiger partial charge in [0.15, 0.2) is 0 Å². The van der Waals surface area contributed by atoms with Crippen molar-refractivity contribution in [1.82, 2.24) is 9.55 Å². The third-order valence-electron chi connectivity index (χ3n) is 2.92. The van der Waals surface area contributed by atoms with Crippen molar-refractivity contribution in [2.45, 2.75) is 45.6 Å². The molecule has 1 atom stereocenters. The van der Waals surface area contributed by atoms with Crippen molar-refractivity contribution in [3.05, 3.63) is 18.2 Å². The Morgan fingerprint density at radius 1 is 1.43 bits per heavy atom. The van der Waals surface area contributed by atoms with Gasteiger partial charge in [-0.2, -0.15) is 0 Å². The molecule has 0 aliphatic carbocycles. The van der Waals surface area contributed by atoms with Crippen LogP contribution in [0.15, 0.2) is 12.5 Å². The van der Waals surface area contributed by atoms with Crippen LogP contribution in [0, 0.1) is 0 Å². The highest BCUT2D eigenvalue weighted by atomic mass is 15.1. The standard InChI is InChI=1S/C11H21N3/c1-4-10(5-2)11-7-13-8-14(11)9(3)6-12/h7-10H,4-6,12H2,1-3H3. The van der Waals surface area contributed by atoms with Gasteiger partial charge in [0.25, 0.3) is 0 Å². The summed E-state index contributed by atoms with van der Waals surface area (Å²) in [6.45, 7) is 7.24. The van der Waals surface area contributed by atoms with Crippen molar-refractivity contribution in [2.24, 2.45) is 5.73 Å². The number of imidazole rings is 1. The van der Waals surface area contributed by atoms with Crippen LogP contribution in [0.2, 0.25) is 0 Å². The molecule has 0 bridgehead atoms. The van der Waals surface area contributed by atoms with Gasteiger partial charge in [0.05, 0.1) is 6.33 Å². The Hall–Kier alpha value is -0.830. The predicted molar refractivity (Wildman–Crippen MR) is 59.3 cm³/mol. The highest BCUT2D eigenvalue weighted by Gasteiger charge is 2.14. The van der Waals surface area contributed by atoms with Gasteiger partial charge in [0, 0.05) is 30.4 Å². The molecule has 1 rings (SSSR count). The van der Waals surface area contributed by atoms with E-state index in [9.17, 15) is 0 Å². The quantitative estimate of drug-likeness (QED) is 0.783. The summed E-state index contributed by atoms with van der Waals surface area (Å²) in [7, 11) is 0. The number of hydrogen-bond acceptors (Lipinski definition) is 2. The van der Waals surface area contributed by atoms with E-state index < -0.39 is 0 Å². The van der Waals surface area contributed by atoms with Gasteiger partial charge in [-0.3, -0.25) is 0 Å². The molecule has 3 nitrogen and oxygen atoms in total. The van der Waals surface area contributed by atoms with Crippen molar-refractivity contribution in [2.75, 3.05) is 6.54 Å². The Labute approximate surface area is 86.3 Å². The van der Waals surface area contributed by atoms with Crippen LogP contribution >= 0.6 is 0 Å². The number of nitrogens with zero attached hydrogens (tertiary/aromatic N) is 2. The minimum Gasteiger partial charge on any atom is -0.330 e. The third-order valence-corrected chi connectivity index (χ3v) is 2.92. The second kappa shape index (κ2) is 5.15. The van der Waals surface area contributed by atoms with E-state index in [1.165, 1.54) is 18.5 Å². The maximum Gasteiger partial charge on any atom is 0.0951 e. The zero-order valence-corrected chi connectivity index (χ0v) is 9.40. The van der Waals surface area contributed by atoms with Gasteiger partial charge < -0.3 is 10.3 Å². The summed E-state index contributed by atoms with van der Waals surface area (Å²) in [4.78, 5) is 4.22. The molecule has 0 amide bonds. The fourth-order valence-electron chi connectivity index (χ4n) is 1.82. The Bertz CT molecular complexity index is 263. The summed E-state index contributed by atoms with van der Waals surface area (Å²) < 4.78 is 2.21. The summed E-state index contributed by atoms with van der Waals surface area (Å²) in [6.07, 6.45) is 6.20. The van der Waals surface area contributed by atoms with Crippen molar-refractivity contribution in [3.8, 4) is 0 Å². The zero-order valence-electron chi connectivity index (χ0n) is 9.40. The van der Waals surface area contributed by atoms with Gasteiger partial charge in [-0.1, -0.05) is 13.8 Å². The summed E-state index contributed by atoms with van der Waals surface area (Å²) in [5, 5.41) is 0. The molecule has 0 saturated heterocycles. The van der Waals surface area contributed by atoms with Crippen LogP contribution in [0.5, 0.6) is 0 Å². The third kappa shape index (κ3) is 2.15. The molecular weight excluding hydrogens is 174 g/mol. The fourth-order valence-corrected chi connectivity index (χ4v) is 1.82. The van der Waals surface area contributed by atoms with E-state index in [2.05, 4.69) is 30.3 Å².